The summed E-state index contributed by atoms with van der Waals surface area (Å²) < 4.78 is 34.1. The summed E-state index contributed by atoms with van der Waals surface area (Å²) in [6.07, 6.45) is -0.168. The Balaban J connectivity index is 2.79. The summed E-state index contributed by atoms with van der Waals surface area (Å²) in [4.78, 5) is 20.8. The molecule has 2 aromatic rings. The van der Waals surface area contributed by atoms with Crippen molar-refractivity contribution in [1.82, 2.24) is 5.32 Å². The Morgan fingerprint density at radius 3 is 2.00 bits per heavy atom. The van der Waals surface area contributed by atoms with Gasteiger partial charge in [-0.3, -0.25) is 5.41 Å². The maximum atomic E-state index is 14.5. The molecule has 0 fully saturated rings. The molecule has 0 amide bonds. The first-order chi connectivity index (χ1) is 18.0. The van der Waals surface area contributed by atoms with Gasteiger partial charge in [0.15, 0.2) is 5.96 Å². The fourth-order valence-electron chi connectivity index (χ4n) is 4.44. The van der Waals surface area contributed by atoms with Crippen LogP contribution in [0.5, 0.6) is 5.75 Å². The van der Waals surface area contributed by atoms with Crippen LogP contribution in [0.1, 0.15) is 94.0 Å². The second-order valence-electron chi connectivity index (χ2n) is 10.6. The van der Waals surface area contributed by atoms with Crippen molar-refractivity contribution in [3.63, 3.8) is 0 Å². The highest BCUT2D eigenvalue weighted by Gasteiger charge is 2.49. The van der Waals surface area contributed by atoms with E-state index in [1.807, 2.05) is 53.7 Å². The van der Waals surface area contributed by atoms with E-state index in [1.165, 1.54) is 31.6 Å². The van der Waals surface area contributed by atoms with E-state index in [9.17, 15) is 28.2 Å². The van der Waals surface area contributed by atoms with E-state index in [4.69, 9.17) is 15.9 Å². The van der Waals surface area contributed by atoms with E-state index in [2.05, 4.69) is 5.32 Å². The molecule has 10 nitrogen and oxygen atoms in total. The lowest BCUT2D eigenvalue weighted by Gasteiger charge is -2.32. The number of carbonyl (C=O) groups is 1. The molecule has 2 atom stereocenters. The van der Waals surface area contributed by atoms with Crippen molar-refractivity contribution in [3.05, 3.63) is 58.1 Å². The van der Waals surface area contributed by atoms with Crippen LogP contribution in [-0.2, 0) is 35.5 Å². The number of aromatic hydroxyl groups is 1. The van der Waals surface area contributed by atoms with Gasteiger partial charge in [0, 0.05) is 6.42 Å². The van der Waals surface area contributed by atoms with Crippen LogP contribution in [0.25, 0.3) is 0 Å². The van der Waals surface area contributed by atoms with Gasteiger partial charge in [0.25, 0.3) is 0 Å². The van der Waals surface area contributed by atoms with Crippen LogP contribution in [0, 0.1) is 5.41 Å². The molecule has 0 saturated heterocycles. The maximum Gasteiger partial charge on any atom is 0.419 e. The molecule has 0 bridgehead atoms. The average molecular weight is 561 g/mol. The Morgan fingerprint density at radius 1 is 1.08 bits per heavy atom. The Morgan fingerprint density at radius 2 is 1.62 bits per heavy atom. The molecule has 1 unspecified atom stereocenters. The number of aliphatic carboxylic acids is 1. The lowest BCUT2D eigenvalue weighted by atomic mass is 9.89. The van der Waals surface area contributed by atoms with Gasteiger partial charge in [0.2, 0.25) is 14.8 Å². The number of sulfone groups is 1. The third kappa shape index (κ3) is 6.52. The van der Waals surface area contributed by atoms with Crippen LogP contribution in [-0.4, -0.2) is 43.1 Å². The molecule has 6 N–H and O–H groups in total. The van der Waals surface area contributed by atoms with Crippen LogP contribution in [0.2, 0.25) is 0 Å². The highest BCUT2D eigenvalue weighted by molar-refractivity contribution is 7.92. The largest absolute Gasteiger partial charge is 0.507 e. The summed E-state index contributed by atoms with van der Waals surface area (Å²) in [6, 6.07) is 6.35. The van der Waals surface area contributed by atoms with Crippen molar-refractivity contribution in [3.8, 4) is 5.75 Å². The first-order valence-electron chi connectivity index (χ1n) is 12.6. The highest BCUT2D eigenvalue weighted by atomic mass is 32.2. The lowest BCUT2D eigenvalue weighted by molar-refractivity contribution is -0.139. The topological polar surface area (TPSA) is 180 Å². The van der Waals surface area contributed by atoms with Crippen molar-refractivity contribution >= 4 is 28.2 Å². The number of hydrogen-bond donors (Lipinski definition) is 5. The number of phenols is 1. The van der Waals surface area contributed by atoms with Crippen LogP contribution in [0.15, 0.2) is 35.2 Å². The van der Waals surface area contributed by atoms with E-state index in [0.717, 1.165) is 5.56 Å². The monoisotopic (exact) mass is 560 g/mol. The number of carboxylic acid groups (broad SMARTS) is 1. The van der Waals surface area contributed by atoms with Gasteiger partial charge in [-0.1, -0.05) is 59.7 Å². The number of nitrogens with one attached hydrogen (secondary N) is 2. The van der Waals surface area contributed by atoms with Crippen molar-refractivity contribution in [1.29, 1.82) is 5.41 Å². The quantitative estimate of drug-likeness (QED) is 0.190. The van der Waals surface area contributed by atoms with Gasteiger partial charge in [0.05, 0.1) is 10.5 Å². The molecular weight excluding hydrogens is 522 g/mol. The van der Waals surface area contributed by atoms with Gasteiger partial charge in [-0.15, -0.1) is 0 Å². The SMILES string of the molecule is CC(C)c1cc(C(C)C)c(S(=O)(=O)C(C)(O[C]=O)c2ccc(C[C@H](NC(=N)N)C(=O)O)cc2O)c(C(C)C)c1. The molecule has 0 saturated carbocycles. The van der Waals surface area contributed by atoms with Crippen molar-refractivity contribution < 1.29 is 33.0 Å². The van der Waals surface area contributed by atoms with Gasteiger partial charge in [0.1, 0.15) is 11.8 Å². The fraction of sp³-hybridized carbons (Fsp3) is 0.464. The van der Waals surface area contributed by atoms with Crippen molar-refractivity contribution in [2.24, 2.45) is 5.73 Å². The number of carbonyl (C=O) groups excluding carboxylic acids is 1. The van der Waals surface area contributed by atoms with E-state index < -0.39 is 38.5 Å². The molecule has 0 aliphatic rings. The maximum absolute atomic E-state index is 14.5. The zero-order valence-corrected chi connectivity index (χ0v) is 24.1. The zero-order valence-electron chi connectivity index (χ0n) is 23.3. The third-order valence-electron chi connectivity index (χ3n) is 6.72. The molecular formula is C28H38N3O7S. The van der Waals surface area contributed by atoms with Gasteiger partial charge >= 0.3 is 12.4 Å². The molecule has 0 spiro atoms. The number of guanidine groups is 1. The summed E-state index contributed by atoms with van der Waals surface area (Å²) in [5, 5.41) is 30.0. The summed E-state index contributed by atoms with van der Waals surface area (Å²) in [7, 11) is -4.49. The molecule has 0 heterocycles. The minimum atomic E-state index is -4.49. The minimum Gasteiger partial charge on any atom is -0.507 e. The molecule has 2 rings (SSSR count). The van der Waals surface area contributed by atoms with E-state index >= 15 is 0 Å². The summed E-state index contributed by atoms with van der Waals surface area (Å²) >= 11 is 0. The van der Waals surface area contributed by atoms with E-state index in [-0.39, 0.29) is 34.6 Å². The summed E-state index contributed by atoms with van der Waals surface area (Å²) in [6.45, 7) is 14.0. The number of carboxylic acids is 1. The summed E-state index contributed by atoms with van der Waals surface area (Å²) in [5.74, 6) is -2.56. The smallest absolute Gasteiger partial charge is 0.419 e. The Kier molecular flexibility index (Phi) is 9.78. The molecule has 1 radical (unpaired) electrons. The number of hydrogen-bond acceptors (Lipinski definition) is 7. The normalized spacial score (nSPS) is 14.2. The average Bonchev–Trinajstić information content (AvgIpc) is 2.82. The zero-order chi connectivity index (χ0) is 29.9. The number of phenolic OH excluding ortho intramolecular Hbond substituents is 1. The molecule has 11 heteroatoms. The standard InChI is InChI=1S/C28H38N3O7S/c1-15(2)19-12-20(16(3)4)25(21(13-19)17(5)6)39(36,37)28(7,38-14-32)22-9-8-18(11-24(22)33)10-23(26(34)35)31-27(29)30/h8-9,11-13,15-17,23,33H,10H2,1-7H3,(H,34,35)(H4,29,30,31)/t23-,28?/m0/s1. The lowest BCUT2D eigenvalue weighted by Crippen LogP contribution is -2.45. The van der Waals surface area contributed by atoms with Crippen LogP contribution in [0.3, 0.4) is 0 Å². The number of ether oxygens (including phenoxy) is 1. The molecule has 2 aromatic carbocycles. The van der Waals surface area contributed by atoms with Crippen LogP contribution < -0.4 is 11.1 Å². The first-order valence-corrected chi connectivity index (χ1v) is 14.1. The Hall–Kier alpha value is -3.60. The molecule has 39 heavy (non-hydrogen) atoms. The molecule has 0 aromatic heterocycles. The fourth-order valence-corrected chi connectivity index (χ4v) is 6.65. The van der Waals surface area contributed by atoms with E-state index in [0.29, 0.717) is 16.7 Å². The third-order valence-corrected chi connectivity index (χ3v) is 9.05. The number of nitrogens with two attached hydrogens (primary N) is 1. The molecule has 0 aliphatic carbocycles. The van der Waals surface area contributed by atoms with Gasteiger partial charge < -0.3 is 26.0 Å². The highest BCUT2D eigenvalue weighted by Crippen LogP contribution is 2.45. The Bertz CT molecular complexity index is 1320. The van der Waals surface area contributed by atoms with E-state index in [1.54, 1.807) is 0 Å². The first kappa shape index (κ1) is 31.6. The van der Waals surface area contributed by atoms with Crippen molar-refractivity contribution in [2.45, 2.75) is 88.5 Å². The van der Waals surface area contributed by atoms with Gasteiger partial charge in [-0.2, -0.15) is 0 Å². The predicted molar refractivity (Wildman–Crippen MR) is 148 cm³/mol. The molecule has 0 aliphatic heterocycles. The second-order valence-corrected chi connectivity index (χ2v) is 12.8. The number of rotatable bonds is 12. The van der Waals surface area contributed by atoms with Gasteiger partial charge in [-0.05, 0) is 59.1 Å². The predicted octanol–water partition coefficient (Wildman–Crippen LogP) is 3.97. The van der Waals surface area contributed by atoms with Crippen LogP contribution in [0.4, 0.5) is 0 Å². The Labute approximate surface area is 230 Å². The number of benzene rings is 2. The molecule has 213 valence electrons. The van der Waals surface area contributed by atoms with Crippen molar-refractivity contribution in [2.75, 3.05) is 0 Å². The second kappa shape index (κ2) is 12.1. The summed E-state index contributed by atoms with van der Waals surface area (Å²) in [5.41, 5.74) is 7.49. The van der Waals surface area contributed by atoms with Crippen LogP contribution >= 0.6 is 0 Å². The van der Waals surface area contributed by atoms with Gasteiger partial charge in [-0.25, -0.2) is 18.0 Å². The minimum absolute atomic E-state index is 0.0368.